The Bertz CT molecular complexity index is 4430. The van der Waals surface area contributed by atoms with E-state index < -0.39 is 0 Å². The van der Waals surface area contributed by atoms with Crippen LogP contribution in [0.15, 0.2) is 285 Å². The van der Waals surface area contributed by atoms with Gasteiger partial charge >= 0.3 is 0 Å². The van der Waals surface area contributed by atoms with Crippen LogP contribution in [0.5, 0.6) is 0 Å². The van der Waals surface area contributed by atoms with Gasteiger partial charge in [-0.1, -0.05) is 220 Å². The number of rotatable bonds is 9. The summed E-state index contributed by atoms with van der Waals surface area (Å²) in [5.74, 6) is 0. The number of hydrogen-bond donors (Lipinski definition) is 0. The van der Waals surface area contributed by atoms with Gasteiger partial charge in [-0.25, -0.2) is 0 Å². The van der Waals surface area contributed by atoms with Gasteiger partial charge in [-0.05, 0) is 185 Å². The molecule has 1 aromatic heterocycles. The van der Waals surface area contributed by atoms with Gasteiger partial charge in [-0.3, -0.25) is 0 Å². The fourth-order valence-electron chi connectivity index (χ4n) is 13.4. The molecule has 1 heterocycles. The van der Waals surface area contributed by atoms with Crippen molar-refractivity contribution in [1.29, 1.82) is 0 Å². The van der Waals surface area contributed by atoms with Crippen molar-refractivity contribution in [1.82, 2.24) is 4.57 Å². The number of para-hydroxylation sites is 1. The number of nitrogens with zero attached hydrogens (tertiary/aromatic N) is 2. The largest absolute Gasteiger partial charge is 0.310 e. The van der Waals surface area contributed by atoms with Crippen molar-refractivity contribution >= 4 is 71.6 Å². The van der Waals surface area contributed by atoms with Crippen LogP contribution in [0.2, 0.25) is 0 Å². The second-order valence-electron chi connectivity index (χ2n) is 21.9. The highest BCUT2D eigenvalue weighted by Crippen LogP contribution is 2.55. The van der Waals surface area contributed by atoms with E-state index in [1.54, 1.807) is 0 Å². The molecule has 79 heavy (non-hydrogen) atoms. The van der Waals surface area contributed by atoms with E-state index in [2.05, 4.69) is 302 Å². The molecule has 0 amide bonds. The van der Waals surface area contributed by atoms with Gasteiger partial charge in [0.15, 0.2) is 0 Å². The fraction of sp³-hybridized carbons (Fsp3) is 0.0649. The molecule has 0 spiro atoms. The Labute approximate surface area is 462 Å². The highest BCUT2D eigenvalue weighted by molar-refractivity contribution is 6.20. The maximum absolute atomic E-state index is 2.58. The molecule has 15 rings (SSSR count). The summed E-state index contributed by atoms with van der Waals surface area (Å²) in [5, 5.41) is 7.67. The molecule has 0 atom stereocenters. The van der Waals surface area contributed by atoms with Crippen LogP contribution in [-0.2, 0) is 5.41 Å². The normalized spacial score (nSPS) is 13.7. The molecule has 12 aromatic carbocycles. The molecule has 2 aliphatic rings. The van der Waals surface area contributed by atoms with Gasteiger partial charge in [0.25, 0.3) is 0 Å². The molecule has 13 aromatic rings. The minimum Gasteiger partial charge on any atom is -0.310 e. The monoisotopic (exact) mass is 1010 g/mol. The van der Waals surface area contributed by atoms with E-state index in [0.29, 0.717) is 0 Å². The number of benzene rings is 12. The van der Waals surface area contributed by atoms with E-state index in [0.717, 1.165) is 35.6 Å². The van der Waals surface area contributed by atoms with Gasteiger partial charge in [0.1, 0.15) is 0 Å². The lowest BCUT2D eigenvalue weighted by Crippen LogP contribution is -2.18. The van der Waals surface area contributed by atoms with Gasteiger partial charge in [0, 0.05) is 38.9 Å². The molecule has 0 unspecified atom stereocenters. The summed E-state index contributed by atoms with van der Waals surface area (Å²) >= 11 is 0. The lowest BCUT2D eigenvalue weighted by molar-refractivity contribution is 0.652. The summed E-state index contributed by atoms with van der Waals surface area (Å²) in [4.78, 5) is 2.43. The summed E-state index contributed by atoms with van der Waals surface area (Å²) < 4.78 is 2.44. The third-order valence-corrected chi connectivity index (χ3v) is 17.1. The first-order valence-corrected chi connectivity index (χ1v) is 27.8. The molecule has 0 N–H and O–H groups in total. The Kier molecular flexibility index (Phi) is 11.1. The van der Waals surface area contributed by atoms with E-state index in [1.165, 1.54) is 121 Å². The Balaban J connectivity index is 0.813. The topological polar surface area (TPSA) is 8.17 Å². The van der Waals surface area contributed by atoms with Gasteiger partial charge in [0.05, 0.1) is 11.0 Å². The smallest absolute Gasteiger partial charge is 0.0541 e. The zero-order valence-corrected chi connectivity index (χ0v) is 44.4. The predicted molar refractivity (Wildman–Crippen MR) is 336 cm³/mol. The standard InChI is InChI=1S/C77H56N2/c1-77(2)71-49-56(75-65-31-17-19-33-67(65)76(68-34-20-18-32-66(68)75)64-30-16-15-29-61(64)53-25-11-5-12-26-53)35-43-62(71)63-44-42-60(50-72(63)77)78(57-27-13-6-14-28-57)58-38-40-59(41-39-58)79-73-45-36-54(51-21-7-3-8-22-51)47-69(73)70-48-55(37-46-74(70)79)52-23-9-4-10-24-52/h3-34,36-42,44-50H,35,43H2,1-2H3. The highest BCUT2D eigenvalue weighted by atomic mass is 15.1. The third-order valence-electron chi connectivity index (χ3n) is 17.1. The van der Waals surface area contributed by atoms with E-state index >= 15 is 0 Å². The molecule has 0 saturated carbocycles. The number of hydrogen-bond acceptors (Lipinski definition) is 1. The van der Waals surface area contributed by atoms with Crippen molar-refractivity contribution < 1.29 is 0 Å². The molecule has 374 valence electrons. The Morgan fingerprint density at radius 1 is 0.342 bits per heavy atom. The Hall–Kier alpha value is -9.76. The molecule has 0 saturated heterocycles. The minimum atomic E-state index is -0.226. The van der Waals surface area contributed by atoms with Crippen LogP contribution in [0.1, 0.15) is 43.4 Å². The summed E-state index contributed by atoms with van der Waals surface area (Å²) in [7, 11) is 0. The molecule has 2 nitrogen and oxygen atoms in total. The quantitative estimate of drug-likeness (QED) is 0.131. The molecular formula is C77H56N2. The van der Waals surface area contributed by atoms with Crippen LogP contribution in [0, 0.1) is 0 Å². The molecule has 2 aliphatic carbocycles. The fourth-order valence-corrected chi connectivity index (χ4v) is 13.4. The van der Waals surface area contributed by atoms with Crippen LogP contribution < -0.4 is 4.90 Å². The van der Waals surface area contributed by atoms with Crippen molar-refractivity contribution in [2.24, 2.45) is 0 Å². The van der Waals surface area contributed by atoms with Gasteiger partial charge < -0.3 is 9.47 Å². The first-order chi connectivity index (χ1) is 39.0. The SMILES string of the molecule is CC1(C)C2=C(CCC(c3c4ccccc4c(-c4ccccc4-c4ccccc4)c4ccccc34)=C2)c2ccc(N(c3ccccc3)c3ccc(-n4c5ccc(-c6ccccc6)cc5c5cc(-c6ccccc6)ccc54)cc3)cc21. The van der Waals surface area contributed by atoms with Gasteiger partial charge in [0.2, 0.25) is 0 Å². The Morgan fingerprint density at radius 3 is 1.38 bits per heavy atom. The zero-order chi connectivity index (χ0) is 52.6. The number of aromatic nitrogens is 1. The minimum absolute atomic E-state index is 0.226. The second-order valence-corrected chi connectivity index (χ2v) is 21.9. The summed E-state index contributed by atoms with van der Waals surface area (Å²) in [6, 6.07) is 101. The molecule has 2 heteroatoms. The summed E-state index contributed by atoms with van der Waals surface area (Å²) in [6.45, 7) is 4.88. The average molecular weight is 1010 g/mol. The summed E-state index contributed by atoms with van der Waals surface area (Å²) in [6.07, 6.45) is 4.55. The van der Waals surface area contributed by atoms with Crippen molar-refractivity contribution in [3.05, 3.63) is 301 Å². The van der Waals surface area contributed by atoms with Gasteiger partial charge in [-0.15, -0.1) is 0 Å². The number of anilines is 3. The first-order valence-electron chi connectivity index (χ1n) is 27.8. The van der Waals surface area contributed by atoms with Crippen LogP contribution in [0.4, 0.5) is 17.1 Å². The second kappa shape index (κ2) is 18.8. The van der Waals surface area contributed by atoms with Crippen molar-refractivity contribution in [2.45, 2.75) is 32.1 Å². The van der Waals surface area contributed by atoms with Crippen molar-refractivity contribution in [3.63, 3.8) is 0 Å². The van der Waals surface area contributed by atoms with Crippen molar-refractivity contribution in [2.75, 3.05) is 4.90 Å². The maximum atomic E-state index is 2.58. The predicted octanol–water partition coefficient (Wildman–Crippen LogP) is 21.2. The zero-order valence-electron chi connectivity index (χ0n) is 44.4. The van der Waals surface area contributed by atoms with Crippen LogP contribution in [0.3, 0.4) is 0 Å². The highest BCUT2D eigenvalue weighted by Gasteiger charge is 2.39. The molecule has 0 bridgehead atoms. The van der Waals surface area contributed by atoms with Crippen LogP contribution in [0.25, 0.3) is 105 Å². The van der Waals surface area contributed by atoms with E-state index in [9.17, 15) is 0 Å². The number of allylic oxidation sites excluding steroid dienone is 4. The summed E-state index contributed by atoms with van der Waals surface area (Å²) in [5.41, 5.74) is 25.0. The lowest BCUT2D eigenvalue weighted by atomic mass is 9.76. The van der Waals surface area contributed by atoms with Crippen LogP contribution >= 0.6 is 0 Å². The maximum Gasteiger partial charge on any atom is 0.0541 e. The van der Waals surface area contributed by atoms with Crippen molar-refractivity contribution in [3.8, 4) is 50.2 Å². The molecule has 0 aliphatic heterocycles. The molecule has 0 fully saturated rings. The molecule has 0 radical (unpaired) electrons. The first kappa shape index (κ1) is 46.5. The van der Waals surface area contributed by atoms with E-state index in [-0.39, 0.29) is 5.41 Å². The average Bonchev–Trinajstić information content (AvgIpc) is 4.23. The van der Waals surface area contributed by atoms with Gasteiger partial charge in [-0.2, -0.15) is 0 Å². The molecular weight excluding hydrogens is 953 g/mol. The Morgan fingerprint density at radius 2 is 0.810 bits per heavy atom. The van der Waals surface area contributed by atoms with E-state index in [1.807, 2.05) is 0 Å². The number of fused-ring (bicyclic) bond motifs is 7. The third kappa shape index (κ3) is 7.70. The van der Waals surface area contributed by atoms with E-state index in [4.69, 9.17) is 0 Å². The lowest BCUT2D eigenvalue weighted by Gasteiger charge is -2.29. The van der Waals surface area contributed by atoms with Crippen LogP contribution in [-0.4, -0.2) is 4.57 Å².